The molecular formula is C11H12BrNO4. The summed E-state index contributed by atoms with van der Waals surface area (Å²) in [6, 6.07) is 5.21. The fourth-order valence-corrected chi connectivity index (χ4v) is 1.57. The van der Waals surface area contributed by atoms with E-state index in [1.54, 1.807) is 25.1 Å². The van der Waals surface area contributed by atoms with Crippen LogP contribution in [0.5, 0.6) is 0 Å². The molecule has 1 unspecified atom stereocenters. The molecule has 5 nitrogen and oxygen atoms in total. The molecule has 0 aliphatic rings. The van der Waals surface area contributed by atoms with E-state index < -0.39 is 18.0 Å². The van der Waals surface area contributed by atoms with Crippen LogP contribution < -0.4 is 5.32 Å². The van der Waals surface area contributed by atoms with Gasteiger partial charge in [-0.15, -0.1) is 0 Å². The fraction of sp³-hybridized carbons (Fsp3) is 0.273. The van der Waals surface area contributed by atoms with Crippen LogP contribution in [-0.4, -0.2) is 34.7 Å². The smallest absolute Gasteiger partial charge is 0.334 e. The summed E-state index contributed by atoms with van der Waals surface area (Å²) >= 11 is 3.24. The van der Waals surface area contributed by atoms with Gasteiger partial charge in [0.1, 0.15) is 0 Å². The van der Waals surface area contributed by atoms with Gasteiger partial charge in [0.15, 0.2) is 6.10 Å². The molecule has 17 heavy (non-hydrogen) atoms. The molecule has 1 amide bonds. The summed E-state index contributed by atoms with van der Waals surface area (Å²) in [5.41, 5.74) is 1.22. The molecule has 0 aliphatic heterocycles. The molecule has 0 fully saturated rings. The quantitative estimate of drug-likeness (QED) is 0.772. The zero-order chi connectivity index (χ0) is 13.0. The van der Waals surface area contributed by atoms with Gasteiger partial charge in [-0.25, -0.2) is 4.79 Å². The summed E-state index contributed by atoms with van der Waals surface area (Å²) in [6.07, 6.45) is -1.59. The second-order valence-corrected chi connectivity index (χ2v) is 4.44. The number of nitrogens with one attached hydrogen (secondary N) is 1. The fourth-order valence-electron chi connectivity index (χ4n) is 1.21. The Hall–Kier alpha value is -1.40. The number of aliphatic hydroxyl groups excluding tert-OH is 1. The van der Waals surface area contributed by atoms with Crippen LogP contribution in [-0.2, 0) is 4.79 Å². The third-order valence-electron chi connectivity index (χ3n) is 2.19. The van der Waals surface area contributed by atoms with Crippen molar-refractivity contribution in [3.63, 3.8) is 0 Å². The second kappa shape index (κ2) is 5.79. The Morgan fingerprint density at radius 3 is 2.71 bits per heavy atom. The van der Waals surface area contributed by atoms with Gasteiger partial charge < -0.3 is 15.5 Å². The average molecular weight is 302 g/mol. The van der Waals surface area contributed by atoms with Gasteiger partial charge >= 0.3 is 5.97 Å². The van der Waals surface area contributed by atoms with Crippen LogP contribution in [0.2, 0.25) is 0 Å². The topological polar surface area (TPSA) is 86.6 Å². The van der Waals surface area contributed by atoms with Gasteiger partial charge in [0.05, 0.1) is 6.54 Å². The summed E-state index contributed by atoms with van der Waals surface area (Å²) < 4.78 is 0.757. The first-order valence-electron chi connectivity index (χ1n) is 4.87. The number of hydrogen-bond acceptors (Lipinski definition) is 3. The zero-order valence-corrected chi connectivity index (χ0v) is 10.7. The molecule has 0 heterocycles. The Morgan fingerprint density at radius 1 is 1.47 bits per heavy atom. The van der Waals surface area contributed by atoms with Gasteiger partial charge in [-0.05, 0) is 24.6 Å². The van der Waals surface area contributed by atoms with Gasteiger partial charge in [-0.1, -0.05) is 22.0 Å². The largest absolute Gasteiger partial charge is 0.479 e. The minimum atomic E-state index is -1.59. The highest BCUT2D eigenvalue weighted by Gasteiger charge is 2.15. The average Bonchev–Trinajstić information content (AvgIpc) is 2.28. The summed E-state index contributed by atoms with van der Waals surface area (Å²) in [7, 11) is 0. The maximum atomic E-state index is 11.7. The lowest BCUT2D eigenvalue weighted by Gasteiger charge is -2.09. The lowest BCUT2D eigenvalue weighted by Crippen LogP contribution is -2.36. The molecule has 92 valence electrons. The van der Waals surface area contributed by atoms with Crippen molar-refractivity contribution in [3.8, 4) is 0 Å². The molecule has 1 atom stereocenters. The van der Waals surface area contributed by atoms with E-state index in [1.165, 1.54) is 0 Å². The number of amides is 1. The number of benzene rings is 1. The Morgan fingerprint density at radius 2 is 2.12 bits per heavy atom. The maximum absolute atomic E-state index is 11.7. The summed E-state index contributed by atoms with van der Waals surface area (Å²) in [6.45, 7) is 1.45. The third kappa shape index (κ3) is 3.83. The van der Waals surface area contributed by atoms with E-state index in [0.29, 0.717) is 5.56 Å². The van der Waals surface area contributed by atoms with E-state index in [0.717, 1.165) is 10.0 Å². The molecule has 1 aromatic carbocycles. The van der Waals surface area contributed by atoms with Crippen molar-refractivity contribution in [2.75, 3.05) is 6.54 Å². The van der Waals surface area contributed by atoms with Crippen molar-refractivity contribution < 1.29 is 19.8 Å². The first-order valence-corrected chi connectivity index (χ1v) is 5.66. The molecule has 6 heteroatoms. The normalized spacial score (nSPS) is 11.9. The number of carbonyl (C=O) groups excluding carboxylic acids is 1. The Labute approximate surface area is 107 Å². The number of carbonyl (C=O) groups is 2. The van der Waals surface area contributed by atoms with Gasteiger partial charge in [0, 0.05) is 10.0 Å². The number of rotatable bonds is 4. The number of halogens is 1. The van der Waals surface area contributed by atoms with Crippen molar-refractivity contribution in [1.29, 1.82) is 0 Å². The van der Waals surface area contributed by atoms with Gasteiger partial charge in [-0.2, -0.15) is 0 Å². The second-order valence-electron chi connectivity index (χ2n) is 3.52. The van der Waals surface area contributed by atoms with Gasteiger partial charge in [0.2, 0.25) is 0 Å². The number of carboxylic acid groups (broad SMARTS) is 1. The van der Waals surface area contributed by atoms with E-state index in [2.05, 4.69) is 21.2 Å². The predicted octanol–water partition coefficient (Wildman–Crippen LogP) is 0.933. The van der Waals surface area contributed by atoms with Crippen LogP contribution in [0.1, 0.15) is 15.9 Å². The number of aliphatic hydroxyl groups is 1. The molecule has 1 rings (SSSR count). The van der Waals surface area contributed by atoms with E-state index >= 15 is 0 Å². The van der Waals surface area contributed by atoms with Crippen LogP contribution in [0.3, 0.4) is 0 Å². The molecule has 0 radical (unpaired) electrons. The van der Waals surface area contributed by atoms with Crippen molar-refractivity contribution >= 4 is 27.8 Å². The van der Waals surface area contributed by atoms with Crippen molar-refractivity contribution in [3.05, 3.63) is 33.8 Å². The highest BCUT2D eigenvalue weighted by Crippen LogP contribution is 2.15. The molecule has 0 saturated heterocycles. The molecule has 1 aromatic rings. The first-order chi connectivity index (χ1) is 7.91. The van der Waals surface area contributed by atoms with E-state index in [1.807, 2.05) is 0 Å². The number of hydrogen-bond donors (Lipinski definition) is 3. The zero-order valence-electron chi connectivity index (χ0n) is 9.11. The third-order valence-corrected chi connectivity index (χ3v) is 2.68. The molecule has 0 spiro atoms. The van der Waals surface area contributed by atoms with E-state index in [9.17, 15) is 9.59 Å². The van der Waals surface area contributed by atoms with E-state index in [-0.39, 0.29) is 6.54 Å². The van der Waals surface area contributed by atoms with Crippen LogP contribution in [0.4, 0.5) is 0 Å². The predicted molar refractivity (Wildman–Crippen MR) is 64.9 cm³/mol. The molecule has 0 aliphatic carbocycles. The lowest BCUT2D eigenvalue weighted by molar-refractivity contribution is -0.146. The SMILES string of the molecule is Cc1ccc(Br)cc1C(=O)NCC(O)C(=O)O. The highest BCUT2D eigenvalue weighted by molar-refractivity contribution is 9.10. The maximum Gasteiger partial charge on any atom is 0.334 e. The summed E-state index contributed by atoms with van der Waals surface area (Å²) in [4.78, 5) is 22.1. The van der Waals surface area contributed by atoms with Crippen LogP contribution >= 0.6 is 15.9 Å². The number of aliphatic carboxylic acids is 1. The minimum Gasteiger partial charge on any atom is -0.479 e. The molecule has 0 bridgehead atoms. The van der Waals surface area contributed by atoms with Crippen molar-refractivity contribution in [2.45, 2.75) is 13.0 Å². The molecule has 0 saturated carbocycles. The Kier molecular flexibility index (Phi) is 4.65. The van der Waals surface area contributed by atoms with Crippen LogP contribution in [0.25, 0.3) is 0 Å². The number of aryl methyl sites for hydroxylation is 1. The van der Waals surface area contributed by atoms with E-state index in [4.69, 9.17) is 10.2 Å². The van der Waals surface area contributed by atoms with Gasteiger partial charge in [-0.3, -0.25) is 4.79 Å². The van der Waals surface area contributed by atoms with Gasteiger partial charge in [0.25, 0.3) is 5.91 Å². The molecular weight excluding hydrogens is 290 g/mol. The number of carboxylic acids is 1. The Balaban J connectivity index is 2.70. The Bertz CT molecular complexity index is 447. The molecule has 3 N–H and O–H groups in total. The molecule has 0 aromatic heterocycles. The van der Waals surface area contributed by atoms with Crippen molar-refractivity contribution in [2.24, 2.45) is 0 Å². The van der Waals surface area contributed by atoms with Crippen LogP contribution in [0.15, 0.2) is 22.7 Å². The minimum absolute atomic E-state index is 0.319. The summed E-state index contributed by atoms with van der Waals surface area (Å²) in [5.74, 6) is -1.78. The van der Waals surface area contributed by atoms with Crippen molar-refractivity contribution in [1.82, 2.24) is 5.32 Å². The lowest BCUT2D eigenvalue weighted by atomic mass is 10.1. The highest BCUT2D eigenvalue weighted by atomic mass is 79.9. The standard InChI is InChI=1S/C11H12BrNO4/c1-6-2-3-7(12)4-8(6)10(15)13-5-9(14)11(16)17/h2-4,9,14H,5H2,1H3,(H,13,15)(H,16,17). The monoisotopic (exact) mass is 301 g/mol. The van der Waals surface area contributed by atoms with Crippen LogP contribution in [0, 0.1) is 6.92 Å². The first kappa shape index (κ1) is 13.7. The summed E-state index contributed by atoms with van der Waals surface area (Å²) in [5, 5.41) is 19.8.